The second-order valence-electron chi connectivity index (χ2n) is 3.46. The number of fused-ring (bicyclic) bond motifs is 1. The number of hydrogen-bond donors (Lipinski definition) is 1. The molecule has 4 nitrogen and oxygen atoms in total. The van der Waals surface area contributed by atoms with Crippen LogP contribution in [0.4, 0.5) is 0 Å². The Morgan fingerprint density at radius 1 is 1.44 bits per heavy atom. The topological polar surface area (TPSA) is 59.4 Å². The van der Waals surface area contributed by atoms with Crippen LogP contribution < -0.4 is 4.74 Å². The summed E-state index contributed by atoms with van der Waals surface area (Å²) >= 11 is 0. The van der Waals surface area contributed by atoms with Crippen molar-refractivity contribution in [2.24, 2.45) is 0 Å². The van der Waals surface area contributed by atoms with E-state index in [-0.39, 0.29) is 11.5 Å². The number of phenolic OH excluding ortho intramolecular Hbond substituents is 1. The summed E-state index contributed by atoms with van der Waals surface area (Å²) < 4.78 is 5.00. The predicted molar refractivity (Wildman–Crippen MR) is 60.0 cm³/mol. The highest BCUT2D eigenvalue weighted by atomic mass is 16.5. The standard InChI is InChI=1S/C12H11NO3/c1-7(14)8-3-4-13-10-6-11(15)12(16-2)5-9(8)10/h3-6,15H,1-2H3. The molecule has 0 saturated heterocycles. The second kappa shape index (κ2) is 3.81. The molecule has 0 atom stereocenters. The summed E-state index contributed by atoms with van der Waals surface area (Å²) in [5.41, 5.74) is 1.15. The average molecular weight is 217 g/mol. The molecule has 0 aliphatic rings. The van der Waals surface area contributed by atoms with Crippen molar-refractivity contribution in [2.75, 3.05) is 7.11 Å². The lowest BCUT2D eigenvalue weighted by atomic mass is 10.1. The molecule has 1 heterocycles. The van der Waals surface area contributed by atoms with Crippen molar-refractivity contribution in [1.82, 2.24) is 4.98 Å². The Labute approximate surface area is 92.5 Å². The molecule has 0 aliphatic heterocycles. The maximum atomic E-state index is 11.4. The Morgan fingerprint density at radius 3 is 2.81 bits per heavy atom. The molecule has 0 radical (unpaired) electrons. The molecule has 0 saturated carbocycles. The van der Waals surface area contributed by atoms with Gasteiger partial charge in [-0.25, -0.2) is 0 Å². The molecule has 0 amide bonds. The fourth-order valence-electron chi connectivity index (χ4n) is 1.63. The molecule has 1 aromatic heterocycles. The van der Waals surface area contributed by atoms with Gasteiger partial charge in [-0.3, -0.25) is 9.78 Å². The maximum Gasteiger partial charge on any atom is 0.161 e. The van der Waals surface area contributed by atoms with E-state index >= 15 is 0 Å². The van der Waals surface area contributed by atoms with E-state index in [1.165, 1.54) is 20.1 Å². The number of rotatable bonds is 2. The molecular formula is C12H11NO3. The molecule has 0 aliphatic carbocycles. The van der Waals surface area contributed by atoms with Crippen LogP contribution in [0.1, 0.15) is 17.3 Å². The van der Waals surface area contributed by atoms with Crippen LogP contribution >= 0.6 is 0 Å². The van der Waals surface area contributed by atoms with Crippen LogP contribution in [0.2, 0.25) is 0 Å². The zero-order valence-electron chi connectivity index (χ0n) is 9.02. The minimum atomic E-state index is -0.0415. The Balaban J connectivity index is 2.81. The number of methoxy groups -OCH3 is 1. The van der Waals surface area contributed by atoms with Crippen molar-refractivity contribution in [2.45, 2.75) is 6.92 Å². The van der Waals surface area contributed by atoms with Gasteiger partial charge in [0.05, 0.1) is 12.6 Å². The number of benzene rings is 1. The van der Waals surface area contributed by atoms with E-state index in [1.807, 2.05) is 0 Å². The van der Waals surface area contributed by atoms with Gasteiger partial charge >= 0.3 is 0 Å². The van der Waals surface area contributed by atoms with Crippen molar-refractivity contribution in [3.05, 3.63) is 30.0 Å². The third kappa shape index (κ3) is 1.58. The lowest BCUT2D eigenvalue weighted by Gasteiger charge is -2.07. The molecule has 82 valence electrons. The molecule has 0 bridgehead atoms. The fraction of sp³-hybridized carbons (Fsp3) is 0.167. The number of ketones is 1. The molecule has 2 rings (SSSR count). The minimum absolute atomic E-state index is 0.0169. The van der Waals surface area contributed by atoms with Gasteiger partial charge in [-0.05, 0) is 19.1 Å². The van der Waals surface area contributed by atoms with Crippen molar-refractivity contribution in [3.63, 3.8) is 0 Å². The highest BCUT2D eigenvalue weighted by Gasteiger charge is 2.10. The number of pyridine rings is 1. The van der Waals surface area contributed by atoms with Gasteiger partial charge in [0.15, 0.2) is 17.3 Å². The first-order chi connectivity index (χ1) is 7.63. The maximum absolute atomic E-state index is 11.4. The van der Waals surface area contributed by atoms with Crippen molar-refractivity contribution in [3.8, 4) is 11.5 Å². The van der Waals surface area contributed by atoms with Crippen LogP contribution in [0, 0.1) is 0 Å². The van der Waals surface area contributed by atoms with E-state index in [4.69, 9.17) is 4.74 Å². The summed E-state index contributed by atoms with van der Waals surface area (Å²) in [7, 11) is 1.46. The number of ether oxygens (including phenoxy) is 1. The van der Waals surface area contributed by atoms with Crippen LogP contribution in [0.5, 0.6) is 11.5 Å². The normalized spacial score (nSPS) is 10.4. The van der Waals surface area contributed by atoms with Crippen molar-refractivity contribution < 1.29 is 14.6 Å². The van der Waals surface area contributed by atoms with E-state index in [9.17, 15) is 9.90 Å². The SMILES string of the molecule is COc1cc2c(C(C)=O)ccnc2cc1O. The fourth-order valence-corrected chi connectivity index (χ4v) is 1.63. The van der Waals surface area contributed by atoms with E-state index in [2.05, 4.69) is 4.98 Å². The van der Waals surface area contributed by atoms with Gasteiger partial charge in [-0.1, -0.05) is 0 Å². The highest BCUT2D eigenvalue weighted by Crippen LogP contribution is 2.31. The molecule has 2 aromatic rings. The minimum Gasteiger partial charge on any atom is -0.504 e. The first-order valence-corrected chi connectivity index (χ1v) is 4.80. The van der Waals surface area contributed by atoms with Gasteiger partial charge < -0.3 is 9.84 Å². The van der Waals surface area contributed by atoms with Crippen LogP contribution in [-0.4, -0.2) is 23.0 Å². The van der Waals surface area contributed by atoms with Crippen LogP contribution in [-0.2, 0) is 0 Å². The summed E-state index contributed by atoms with van der Waals surface area (Å²) in [6, 6.07) is 4.76. The molecule has 4 heteroatoms. The molecule has 1 aromatic carbocycles. The number of hydrogen-bond acceptors (Lipinski definition) is 4. The van der Waals surface area contributed by atoms with Crippen molar-refractivity contribution >= 4 is 16.7 Å². The number of aromatic nitrogens is 1. The van der Waals surface area contributed by atoms with Gasteiger partial charge in [0, 0.05) is 23.2 Å². The Hall–Kier alpha value is -2.10. The number of carbonyl (C=O) groups is 1. The van der Waals surface area contributed by atoms with E-state index in [1.54, 1.807) is 18.3 Å². The van der Waals surface area contributed by atoms with Gasteiger partial charge in [0.2, 0.25) is 0 Å². The summed E-state index contributed by atoms with van der Waals surface area (Å²) in [5, 5.41) is 10.3. The number of nitrogens with zero attached hydrogens (tertiary/aromatic N) is 1. The zero-order chi connectivity index (χ0) is 11.7. The first kappa shape index (κ1) is 10.4. The van der Waals surface area contributed by atoms with Gasteiger partial charge in [-0.15, -0.1) is 0 Å². The lowest BCUT2D eigenvalue weighted by Crippen LogP contribution is -1.95. The smallest absolute Gasteiger partial charge is 0.161 e. The lowest BCUT2D eigenvalue weighted by molar-refractivity contribution is 0.101. The van der Waals surface area contributed by atoms with E-state index in [0.29, 0.717) is 22.2 Å². The van der Waals surface area contributed by atoms with Crippen molar-refractivity contribution in [1.29, 1.82) is 0 Å². The van der Waals surface area contributed by atoms with Crippen LogP contribution in [0.25, 0.3) is 10.9 Å². The van der Waals surface area contributed by atoms with Gasteiger partial charge in [0.25, 0.3) is 0 Å². The van der Waals surface area contributed by atoms with Gasteiger partial charge in [-0.2, -0.15) is 0 Å². The van der Waals surface area contributed by atoms with Crippen LogP contribution in [0.3, 0.4) is 0 Å². The molecular weight excluding hydrogens is 206 g/mol. The Bertz CT molecular complexity index is 563. The molecule has 0 spiro atoms. The van der Waals surface area contributed by atoms with Crippen LogP contribution in [0.15, 0.2) is 24.4 Å². The van der Waals surface area contributed by atoms with E-state index < -0.39 is 0 Å². The summed E-state index contributed by atoms with van der Waals surface area (Å²) in [5.74, 6) is 0.311. The number of phenols is 1. The Kier molecular flexibility index (Phi) is 2.48. The molecule has 1 N–H and O–H groups in total. The van der Waals surface area contributed by atoms with Gasteiger partial charge in [0.1, 0.15) is 0 Å². The third-order valence-electron chi connectivity index (χ3n) is 2.42. The number of Topliss-reactive ketones (excluding diaryl/α,β-unsaturated/α-hetero) is 1. The summed E-state index contributed by atoms with van der Waals surface area (Å²) in [4.78, 5) is 15.5. The molecule has 0 fully saturated rings. The number of aromatic hydroxyl groups is 1. The molecule has 16 heavy (non-hydrogen) atoms. The summed E-state index contributed by atoms with van der Waals surface area (Å²) in [6.07, 6.45) is 1.55. The molecule has 0 unspecified atom stereocenters. The zero-order valence-corrected chi connectivity index (χ0v) is 9.02. The van der Waals surface area contributed by atoms with E-state index in [0.717, 1.165) is 0 Å². The quantitative estimate of drug-likeness (QED) is 0.783. The first-order valence-electron chi connectivity index (χ1n) is 4.80. The average Bonchev–Trinajstić information content (AvgIpc) is 2.26. The third-order valence-corrected chi connectivity index (χ3v) is 2.42. The monoisotopic (exact) mass is 217 g/mol. The highest BCUT2D eigenvalue weighted by molar-refractivity contribution is 6.06. The Morgan fingerprint density at radius 2 is 2.19 bits per heavy atom. The predicted octanol–water partition coefficient (Wildman–Crippen LogP) is 2.15. The number of carbonyl (C=O) groups excluding carboxylic acids is 1. The second-order valence-corrected chi connectivity index (χ2v) is 3.46. The largest absolute Gasteiger partial charge is 0.504 e. The summed E-state index contributed by atoms with van der Waals surface area (Å²) in [6.45, 7) is 1.49.